The molecule has 0 aromatic heterocycles. The maximum absolute atomic E-state index is 12.8. The second-order valence-electron chi connectivity index (χ2n) is 5.66. The lowest BCUT2D eigenvalue weighted by atomic mass is 9.88. The second kappa shape index (κ2) is 6.23. The van der Waals surface area contributed by atoms with Crippen molar-refractivity contribution in [2.24, 2.45) is 0 Å². The minimum Gasteiger partial charge on any atom is -0.375 e. The fourth-order valence-corrected chi connectivity index (χ4v) is 3.24. The summed E-state index contributed by atoms with van der Waals surface area (Å²) in [4.78, 5) is 26.8. The van der Waals surface area contributed by atoms with E-state index in [-0.39, 0.29) is 18.7 Å². The summed E-state index contributed by atoms with van der Waals surface area (Å²) in [6, 6.07) is 13.5. The molecule has 1 amide bonds. The SMILES string of the molecule is C=CCN1C(=O)[C@](O)(CC(=O)c2ccccc2Cl)c2ccccc21. The van der Waals surface area contributed by atoms with E-state index in [0.29, 0.717) is 21.8 Å². The predicted octanol–water partition coefficient (Wildman–Crippen LogP) is 3.33. The Kier molecular flexibility index (Phi) is 4.26. The molecule has 1 aliphatic heterocycles. The number of carbonyl (C=O) groups excluding carboxylic acids is 2. The highest BCUT2D eigenvalue weighted by Gasteiger charge is 2.50. The van der Waals surface area contributed by atoms with E-state index in [0.717, 1.165) is 0 Å². The van der Waals surface area contributed by atoms with Crippen molar-refractivity contribution in [1.29, 1.82) is 0 Å². The number of rotatable bonds is 5. The molecular weight excluding hydrogens is 326 g/mol. The second-order valence-corrected chi connectivity index (χ2v) is 6.07. The van der Waals surface area contributed by atoms with Crippen molar-refractivity contribution in [3.8, 4) is 0 Å². The number of fused-ring (bicyclic) bond motifs is 1. The van der Waals surface area contributed by atoms with Crippen LogP contribution in [0, 0.1) is 0 Å². The molecule has 1 aliphatic rings. The van der Waals surface area contributed by atoms with Gasteiger partial charge in [-0.15, -0.1) is 6.58 Å². The summed E-state index contributed by atoms with van der Waals surface area (Å²) in [5.74, 6) is -0.907. The van der Waals surface area contributed by atoms with Crippen LogP contribution in [0.3, 0.4) is 0 Å². The van der Waals surface area contributed by atoms with Crippen molar-refractivity contribution in [3.63, 3.8) is 0 Å². The molecule has 24 heavy (non-hydrogen) atoms. The van der Waals surface area contributed by atoms with Gasteiger partial charge in [-0.25, -0.2) is 0 Å². The summed E-state index contributed by atoms with van der Waals surface area (Å²) in [7, 11) is 0. The van der Waals surface area contributed by atoms with Crippen molar-refractivity contribution in [1.82, 2.24) is 0 Å². The lowest BCUT2D eigenvalue weighted by Gasteiger charge is -2.22. The smallest absolute Gasteiger partial charge is 0.264 e. The van der Waals surface area contributed by atoms with E-state index in [4.69, 9.17) is 11.6 Å². The molecule has 3 rings (SSSR count). The molecular formula is C19H16ClNO3. The van der Waals surface area contributed by atoms with E-state index < -0.39 is 11.5 Å². The molecule has 1 atom stereocenters. The van der Waals surface area contributed by atoms with Gasteiger partial charge >= 0.3 is 0 Å². The van der Waals surface area contributed by atoms with Gasteiger partial charge in [0.15, 0.2) is 11.4 Å². The van der Waals surface area contributed by atoms with Gasteiger partial charge in [-0.2, -0.15) is 0 Å². The number of hydrogen-bond donors (Lipinski definition) is 1. The van der Waals surface area contributed by atoms with Crippen molar-refractivity contribution < 1.29 is 14.7 Å². The van der Waals surface area contributed by atoms with Crippen molar-refractivity contribution in [2.45, 2.75) is 12.0 Å². The molecule has 0 fully saturated rings. The Labute approximate surface area is 145 Å². The number of Topliss-reactive ketones (excluding diaryl/α,β-unsaturated/α-hetero) is 1. The molecule has 122 valence electrons. The number of carbonyl (C=O) groups is 2. The molecule has 0 unspecified atom stereocenters. The molecule has 0 saturated carbocycles. The summed E-state index contributed by atoms with van der Waals surface area (Å²) in [6.07, 6.45) is 1.22. The molecule has 0 spiro atoms. The Morgan fingerprint density at radius 1 is 1.21 bits per heavy atom. The highest BCUT2D eigenvalue weighted by Crippen LogP contribution is 2.42. The Morgan fingerprint density at radius 2 is 1.88 bits per heavy atom. The van der Waals surface area contributed by atoms with Crippen LogP contribution in [0.1, 0.15) is 22.3 Å². The highest BCUT2D eigenvalue weighted by molar-refractivity contribution is 6.34. The first-order valence-electron chi connectivity index (χ1n) is 7.51. The van der Waals surface area contributed by atoms with E-state index in [1.807, 2.05) is 0 Å². The predicted molar refractivity (Wildman–Crippen MR) is 93.3 cm³/mol. The molecule has 0 radical (unpaired) electrons. The molecule has 5 heteroatoms. The average molecular weight is 342 g/mol. The third-order valence-corrected chi connectivity index (χ3v) is 4.47. The van der Waals surface area contributed by atoms with Crippen molar-refractivity contribution in [3.05, 3.63) is 77.3 Å². The van der Waals surface area contributed by atoms with Gasteiger partial charge in [0.2, 0.25) is 0 Å². The molecule has 2 aromatic rings. The Bertz CT molecular complexity index is 833. The van der Waals surface area contributed by atoms with Crippen LogP contribution in [0.15, 0.2) is 61.2 Å². The third kappa shape index (κ3) is 2.54. The zero-order valence-electron chi connectivity index (χ0n) is 12.9. The van der Waals surface area contributed by atoms with E-state index in [2.05, 4.69) is 6.58 Å². The number of hydrogen-bond acceptors (Lipinski definition) is 3. The van der Waals surface area contributed by atoms with Gasteiger partial charge in [-0.3, -0.25) is 9.59 Å². The number of ketones is 1. The Morgan fingerprint density at radius 3 is 2.58 bits per heavy atom. The molecule has 2 aromatic carbocycles. The number of nitrogens with zero attached hydrogens (tertiary/aromatic N) is 1. The monoisotopic (exact) mass is 341 g/mol. The molecule has 0 bridgehead atoms. The molecule has 4 nitrogen and oxygen atoms in total. The van der Waals surface area contributed by atoms with Gasteiger partial charge in [0.05, 0.1) is 17.1 Å². The van der Waals surface area contributed by atoms with E-state index in [1.54, 1.807) is 54.6 Å². The largest absolute Gasteiger partial charge is 0.375 e. The zero-order valence-corrected chi connectivity index (χ0v) is 13.7. The quantitative estimate of drug-likeness (QED) is 0.670. The van der Waals surface area contributed by atoms with Crippen molar-refractivity contribution >= 4 is 29.0 Å². The van der Waals surface area contributed by atoms with Crippen LogP contribution < -0.4 is 4.90 Å². The zero-order chi connectivity index (χ0) is 17.3. The normalized spacial score (nSPS) is 19.2. The standard InChI is InChI=1S/C19H16ClNO3/c1-2-11-21-16-10-6-4-8-14(16)19(24,18(21)23)12-17(22)13-7-3-5-9-15(13)20/h2-10,24H,1,11-12H2/t19-/m0/s1. The summed E-state index contributed by atoms with van der Waals surface area (Å²) in [5, 5.41) is 11.3. The maximum Gasteiger partial charge on any atom is 0.264 e. The van der Waals surface area contributed by atoms with E-state index >= 15 is 0 Å². The van der Waals surface area contributed by atoms with Gasteiger partial charge in [0.1, 0.15) is 0 Å². The van der Waals surface area contributed by atoms with Crippen LogP contribution in [0.5, 0.6) is 0 Å². The first-order valence-corrected chi connectivity index (χ1v) is 7.89. The minimum atomic E-state index is -1.89. The van der Waals surface area contributed by atoms with Gasteiger partial charge in [-0.1, -0.05) is 48.0 Å². The molecule has 0 saturated heterocycles. The first-order chi connectivity index (χ1) is 11.5. The fraction of sp³-hybridized carbons (Fsp3) is 0.158. The first kappa shape index (κ1) is 16.4. The van der Waals surface area contributed by atoms with Crippen LogP contribution in [0.25, 0.3) is 0 Å². The van der Waals surface area contributed by atoms with Crippen LogP contribution in [-0.2, 0) is 10.4 Å². The topological polar surface area (TPSA) is 57.6 Å². The van der Waals surface area contributed by atoms with Crippen LogP contribution in [-0.4, -0.2) is 23.3 Å². The van der Waals surface area contributed by atoms with Gasteiger partial charge in [0, 0.05) is 17.7 Å². The fourth-order valence-electron chi connectivity index (χ4n) is 3.00. The van der Waals surface area contributed by atoms with Crippen LogP contribution in [0.2, 0.25) is 5.02 Å². The number of aliphatic hydroxyl groups is 1. The average Bonchev–Trinajstić information content (AvgIpc) is 2.78. The maximum atomic E-state index is 12.8. The number of anilines is 1. The van der Waals surface area contributed by atoms with E-state index in [9.17, 15) is 14.7 Å². The van der Waals surface area contributed by atoms with Gasteiger partial charge < -0.3 is 10.0 Å². The summed E-state index contributed by atoms with van der Waals surface area (Å²) >= 11 is 6.05. The van der Waals surface area contributed by atoms with E-state index in [1.165, 1.54) is 4.90 Å². The Balaban J connectivity index is 2.00. The van der Waals surface area contributed by atoms with Crippen LogP contribution >= 0.6 is 11.6 Å². The van der Waals surface area contributed by atoms with Crippen molar-refractivity contribution in [2.75, 3.05) is 11.4 Å². The highest BCUT2D eigenvalue weighted by atomic mass is 35.5. The number of para-hydroxylation sites is 1. The molecule has 1 N–H and O–H groups in total. The van der Waals surface area contributed by atoms with Crippen LogP contribution in [0.4, 0.5) is 5.69 Å². The number of halogens is 1. The molecule has 0 aliphatic carbocycles. The summed E-state index contributed by atoms with van der Waals surface area (Å²) in [5.41, 5.74) is -0.579. The lowest BCUT2D eigenvalue weighted by molar-refractivity contribution is -0.135. The number of amides is 1. The summed E-state index contributed by atoms with van der Waals surface area (Å²) < 4.78 is 0. The minimum absolute atomic E-state index is 0.262. The third-order valence-electron chi connectivity index (χ3n) is 4.14. The van der Waals surface area contributed by atoms with Gasteiger partial charge in [-0.05, 0) is 18.2 Å². The van der Waals surface area contributed by atoms with Gasteiger partial charge in [0.25, 0.3) is 5.91 Å². The summed E-state index contributed by atoms with van der Waals surface area (Å²) in [6.45, 7) is 3.90. The molecule has 1 heterocycles. The lowest BCUT2D eigenvalue weighted by Crippen LogP contribution is -2.41. The number of benzene rings is 2. The Hall–Kier alpha value is -2.43.